The van der Waals surface area contributed by atoms with E-state index >= 15 is 0 Å². The smallest absolute Gasteiger partial charge is 0.419 e. The summed E-state index contributed by atoms with van der Waals surface area (Å²) in [5, 5.41) is 1.92. The van der Waals surface area contributed by atoms with Gasteiger partial charge in [-0.15, -0.1) is 0 Å². The van der Waals surface area contributed by atoms with E-state index in [4.69, 9.17) is 5.73 Å². The minimum atomic E-state index is -4.75. The number of nitrogens with two attached hydrogens (primary N) is 1. The Morgan fingerprint density at radius 3 is 2.14 bits per heavy atom. The number of benzene rings is 2. The van der Waals surface area contributed by atoms with Crippen LogP contribution < -0.4 is 20.1 Å². The van der Waals surface area contributed by atoms with Crippen molar-refractivity contribution in [3.8, 4) is 5.75 Å². The van der Waals surface area contributed by atoms with E-state index in [0.29, 0.717) is 6.07 Å². The third-order valence-corrected chi connectivity index (χ3v) is 3.99. The Balaban J connectivity index is 2.17. The molecule has 0 aliphatic heterocycles. The third-order valence-electron chi connectivity index (χ3n) is 3.58. The molecule has 0 spiro atoms. The van der Waals surface area contributed by atoms with Gasteiger partial charge in [0, 0.05) is 11.1 Å². The van der Waals surface area contributed by atoms with E-state index in [-0.39, 0.29) is 11.3 Å². The lowest BCUT2D eigenvalue weighted by molar-refractivity contribution is -0.138. The lowest BCUT2D eigenvalue weighted by Gasteiger charge is -2.17. The first-order valence-corrected chi connectivity index (χ1v) is 7.94. The molecule has 0 heterocycles. The third kappa shape index (κ3) is 4.74. The number of alkyl halides is 3. The summed E-state index contributed by atoms with van der Waals surface area (Å²) in [5.41, 5.74) is 3.95. The summed E-state index contributed by atoms with van der Waals surface area (Å²) in [5.74, 6) is -2.19. The van der Waals surface area contributed by atoms with E-state index in [0.717, 1.165) is 23.5 Å². The number of ether oxygens (including phenoxy) is 1. The maximum absolute atomic E-state index is 13.0. The number of halogens is 3. The SMILES string of the molecule is COc1ccc(C(=O)NC(=O)N(S)c2ccc(C(N)=O)cc2)cc1C(F)(F)F. The van der Waals surface area contributed by atoms with Crippen molar-refractivity contribution in [2.24, 2.45) is 5.73 Å². The molecule has 2 aromatic rings. The first-order chi connectivity index (χ1) is 13.0. The quantitative estimate of drug-likeness (QED) is 0.671. The standard InChI is InChI=1S/C17H14F3N3O4S/c1-27-13-7-4-10(8-12(13)17(18,19)20)15(25)22-16(26)23(28)11-5-2-9(3-6-11)14(21)24/h2-8,28H,1H3,(H2,21,24)(H,22,25,26). The molecule has 148 valence electrons. The van der Waals surface area contributed by atoms with Crippen LogP contribution in [0.4, 0.5) is 23.7 Å². The highest BCUT2D eigenvalue weighted by Crippen LogP contribution is 2.36. The van der Waals surface area contributed by atoms with Crippen LogP contribution in [-0.4, -0.2) is 25.0 Å². The van der Waals surface area contributed by atoms with Gasteiger partial charge in [-0.2, -0.15) is 13.2 Å². The van der Waals surface area contributed by atoms with E-state index in [1.54, 1.807) is 0 Å². The molecule has 0 aromatic heterocycles. The van der Waals surface area contributed by atoms with Gasteiger partial charge in [-0.1, -0.05) is 12.8 Å². The molecule has 0 radical (unpaired) electrons. The fourth-order valence-corrected chi connectivity index (χ4v) is 2.36. The van der Waals surface area contributed by atoms with Crippen LogP contribution in [0.15, 0.2) is 42.5 Å². The summed E-state index contributed by atoms with van der Waals surface area (Å²) < 4.78 is 44.5. The van der Waals surface area contributed by atoms with Crippen molar-refractivity contribution >= 4 is 36.3 Å². The highest BCUT2D eigenvalue weighted by atomic mass is 32.1. The molecule has 0 bridgehead atoms. The highest BCUT2D eigenvalue weighted by Gasteiger charge is 2.35. The molecule has 3 N–H and O–H groups in total. The number of hydrogen-bond acceptors (Lipinski definition) is 5. The lowest BCUT2D eigenvalue weighted by atomic mass is 10.1. The van der Waals surface area contributed by atoms with Crippen molar-refractivity contribution in [3.05, 3.63) is 59.2 Å². The summed E-state index contributed by atoms with van der Waals surface area (Å²) in [6.07, 6.45) is -4.75. The Hall–Kier alpha value is -3.21. The van der Waals surface area contributed by atoms with Gasteiger partial charge >= 0.3 is 12.2 Å². The Morgan fingerprint density at radius 2 is 1.64 bits per heavy atom. The van der Waals surface area contributed by atoms with Crippen molar-refractivity contribution in [3.63, 3.8) is 0 Å². The van der Waals surface area contributed by atoms with Crippen LogP contribution in [0.2, 0.25) is 0 Å². The number of amides is 4. The number of carbonyl (C=O) groups excluding carboxylic acids is 3. The van der Waals surface area contributed by atoms with Crippen molar-refractivity contribution in [2.45, 2.75) is 6.18 Å². The molecule has 28 heavy (non-hydrogen) atoms. The van der Waals surface area contributed by atoms with Gasteiger partial charge in [0.05, 0.1) is 18.4 Å². The highest BCUT2D eigenvalue weighted by molar-refractivity contribution is 7.82. The number of carbonyl (C=O) groups is 3. The minimum Gasteiger partial charge on any atom is -0.496 e. The molecule has 0 saturated carbocycles. The average Bonchev–Trinajstić information content (AvgIpc) is 2.66. The Labute approximate surface area is 162 Å². The molecular weight excluding hydrogens is 399 g/mol. The van der Waals surface area contributed by atoms with Gasteiger partial charge in [0.25, 0.3) is 5.91 Å². The fraction of sp³-hybridized carbons (Fsp3) is 0.118. The van der Waals surface area contributed by atoms with Crippen LogP contribution in [0.5, 0.6) is 5.75 Å². The number of nitrogens with one attached hydrogen (secondary N) is 1. The van der Waals surface area contributed by atoms with Crippen molar-refractivity contribution in [1.82, 2.24) is 5.32 Å². The number of primary amides is 1. The van der Waals surface area contributed by atoms with Gasteiger partial charge in [-0.25, -0.2) is 9.10 Å². The lowest BCUT2D eigenvalue weighted by Crippen LogP contribution is -2.38. The molecule has 2 aromatic carbocycles. The zero-order chi connectivity index (χ0) is 21.1. The molecular formula is C17H14F3N3O4S. The molecule has 7 nitrogen and oxygen atoms in total. The van der Waals surface area contributed by atoms with Crippen molar-refractivity contribution < 1.29 is 32.3 Å². The van der Waals surface area contributed by atoms with Crippen LogP contribution in [0.3, 0.4) is 0 Å². The van der Waals surface area contributed by atoms with Crippen LogP contribution in [-0.2, 0) is 6.18 Å². The summed E-state index contributed by atoms with van der Waals surface area (Å²) >= 11 is 3.94. The van der Waals surface area contributed by atoms with E-state index in [2.05, 4.69) is 17.6 Å². The molecule has 0 aliphatic rings. The first kappa shape index (κ1) is 21.1. The first-order valence-electron chi connectivity index (χ1n) is 7.54. The average molecular weight is 413 g/mol. The second kappa shape index (κ2) is 8.21. The van der Waals surface area contributed by atoms with E-state index in [1.807, 2.05) is 5.32 Å². The normalized spacial score (nSPS) is 10.9. The Kier molecular flexibility index (Phi) is 6.19. The zero-order valence-corrected chi connectivity index (χ0v) is 15.2. The molecule has 0 atom stereocenters. The molecule has 0 saturated heterocycles. The number of hydrogen-bond donors (Lipinski definition) is 3. The van der Waals surface area contributed by atoms with Crippen LogP contribution in [0.25, 0.3) is 0 Å². The molecule has 11 heteroatoms. The number of methoxy groups -OCH3 is 1. The second-order valence-electron chi connectivity index (χ2n) is 5.40. The second-order valence-corrected chi connectivity index (χ2v) is 5.80. The van der Waals surface area contributed by atoms with Gasteiger partial charge in [-0.05, 0) is 42.5 Å². The largest absolute Gasteiger partial charge is 0.496 e. The number of urea groups is 1. The Bertz CT molecular complexity index is 917. The maximum atomic E-state index is 13.0. The fourth-order valence-electron chi connectivity index (χ4n) is 2.18. The molecule has 4 amide bonds. The molecule has 2 rings (SSSR count). The number of rotatable bonds is 4. The zero-order valence-electron chi connectivity index (χ0n) is 14.3. The van der Waals surface area contributed by atoms with Gasteiger partial charge < -0.3 is 10.5 Å². The summed E-state index contributed by atoms with van der Waals surface area (Å²) in [4.78, 5) is 35.3. The number of imide groups is 1. The number of thiol groups is 1. The van der Waals surface area contributed by atoms with Crippen LogP contribution in [0, 0.1) is 0 Å². The van der Waals surface area contributed by atoms with Crippen molar-refractivity contribution in [2.75, 3.05) is 11.4 Å². The molecule has 0 fully saturated rings. The monoisotopic (exact) mass is 413 g/mol. The van der Waals surface area contributed by atoms with Gasteiger partial charge in [0.1, 0.15) is 5.75 Å². The van der Waals surface area contributed by atoms with Crippen LogP contribution >= 0.6 is 12.8 Å². The van der Waals surface area contributed by atoms with Gasteiger partial charge in [0.2, 0.25) is 5.91 Å². The summed E-state index contributed by atoms with van der Waals surface area (Å²) in [7, 11) is 1.07. The predicted octanol–water partition coefficient (Wildman–Crippen LogP) is 3.01. The number of nitrogens with zero attached hydrogens (tertiary/aromatic N) is 1. The molecule has 0 aliphatic carbocycles. The van der Waals surface area contributed by atoms with E-state index in [9.17, 15) is 27.6 Å². The van der Waals surface area contributed by atoms with Gasteiger partial charge in [-0.3, -0.25) is 14.9 Å². The Morgan fingerprint density at radius 1 is 1.07 bits per heavy atom. The number of anilines is 1. The summed E-state index contributed by atoms with van der Waals surface area (Å²) in [6, 6.07) is 7.02. The van der Waals surface area contributed by atoms with Crippen molar-refractivity contribution in [1.29, 1.82) is 0 Å². The van der Waals surface area contributed by atoms with E-state index in [1.165, 1.54) is 24.3 Å². The molecule has 0 unspecified atom stereocenters. The van der Waals surface area contributed by atoms with Crippen LogP contribution in [0.1, 0.15) is 26.3 Å². The van der Waals surface area contributed by atoms with E-state index < -0.39 is 40.9 Å². The van der Waals surface area contributed by atoms with Gasteiger partial charge in [0.15, 0.2) is 0 Å². The summed E-state index contributed by atoms with van der Waals surface area (Å²) in [6.45, 7) is 0. The topological polar surface area (TPSA) is 102 Å². The maximum Gasteiger partial charge on any atom is 0.419 e. The predicted molar refractivity (Wildman–Crippen MR) is 97.3 cm³/mol. The minimum absolute atomic E-state index is 0.194.